The van der Waals surface area contributed by atoms with E-state index in [9.17, 15) is 0 Å². The third-order valence-electron chi connectivity index (χ3n) is 4.81. The van der Waals surface area contributed by atoms with Crippen LogP contribution in [0.1, 0.15) is 32.3 Å². The van der Waals surface area contributed by atoms with Crippen molar-refractivity contribution in [2.75, 3.05) is 44.2 Å². The van der Waals surface area contributed by atoms with E-state index in [1.807, 2.05) is 0 Å². The molecule has 0 spiro atoms. The van der Waals surface area contributed by atoms with Gasteiger partial charge in [0, 0.05) is 31.4 Å². The van der Waals surface area contributed by atoms with E-state index < -0.39 is 0 Å². The average Bonchev–Trinajstić information content (AvgIpc) is 3.04. The summed E-state index contributed by atoms with van der Waals surface area (Å²) < 4.78 is 0. The summed E-state index contributed by atoms with van der Waals surface area (Å²) in [5.74, 6) is 0.568. The summed E-state index contributed by atoms with van der Waals surface area (Å²) in [5.41, 5.74) is 8.58. The summed E-state index contributed by atoms with van der Waals surface area (Å²) in [6.45, 7) is 12.3. The molecule has 0 saturated carbocycles. The molecule has 0 aliphatic carbocycles. The third-order valence-corrected chi connectivity index (χ3v) is 4.81. The highest BCUT2D eigenvalue weighted by molar-refractivity contribution is 14.0. The molecule has 3 N–H and O–H groups in total. The van der Waals surface area contributed by atoms with Crippen LogP contribution in [0.5, 0.6) is 0 Å². The number of hydrogen-bond donors (Lipinski definition) is 2. The van der Waals surface area contributed by atoms with Crippen molar-refractivity contribution in [3.63, 3.8) is 0 Å². The van der Waals surface area contributed by atoms with Crippen molar-refractivity contribution in [1.82, 2.24) is 10.2 Å². The molecular formula is C19H34IN5. The van der Waals surface area contributed by atoms with Gasteiger partial charge in [-0.3, -0.25) is 9.89 Å². The summed E-state index contributed by atoms with van der Waals surface area (Å²) in [5, 5.41) is 3.26. The first-order valence-electron chi connectivity index (χ1n) is 9.23. The van der Waals surface area contributed by atoms with Crippen LogP contribution in [0.15, 0.2) is 29.3 Å². The van der Waals surface area contributed by atoms with Crippen molar-refractivity contribution >= 4 is 35.6 Å². The lowest BCUT2D eigenvalue weighted by Crippen LogP contribution is -2.39. The fourth-order valence-electron chi connectivity index (χ4n) is 3.39. The molecule has 6 heteroatoms. The molecule has 1 unspecified atom stereocenters. The summed E-state index contributed by atoms with van der Waals surface area (Å²) in [4.78, 5) is 9.38. The van der Waals surface area contributed by atoms with Gasteiger partial charge >= 0.3 is 0 Å². The van der Waals surface area contributed by atoms with Crippen molar-refractivity contribution in [2.45, 2.75) is 39.7 Å². The second-order valence-electron chi connectivity index (χ2n) is 6.50. The first-order chi connectivity index (χ1) is 11.6. The van der Waals surface area contributed by atoms with Gasteiger partial charge in [-0.2, -0.15) is 0 Å². The predicted molar refractivity (Wildman–Crippen MR) is 119 cm³/mol. The van der Waals surface area contributed by atoms with Crippen LogP contribution >= 0.6 is 24.0 Å². The quantitative estimate of drug-likeness (QED) is 0.357. The van der Waals surface area contributed by atoms with E-state index >= 15 is 0 Å². The van der Waals surface area contributed by atoms with Gasteiger partial charge in [-0.15, -0.1) is 24.0 Å². The smallest absolute Gasteiger partial charge is 0.188 e. The number of hydrogen-bond acceptors (Lipinski definition) is 3. The first-order valence-corrected chi connectivity index (χ1v) is 9.23. The van der Waals surface area contributed by atoms with Gasteiger partial charge in [-0.05, 0) is 57.5 Å². The Morgan fingerprint density at radius 2 is 2.20 bits per heavy atom. The molecule has 0 bridgehead atoms. The molecule has 1 heterocycles. The summed E-state index contributed by atoms with van der Waals surface area (Å²) in [6, 6.07) is 9.18. The maximum Gasteiger partial charge on any atom is 0.188 e. The Kier molecular flexibility index (Phi) is 10.2. The lowest BCUT2D eigenvalue weighted by atomic mass is 10.2. The molecule has 142 valence electrons. The molecule has 0 amide bonds. The molecule has 25 heavy (non-hydrogen) atoms. The lowest BCUT2D eigenvalue weighted by Gasteiger charge is -2.24. The second-order valence-corrected chi connectivity index (χ2v) is 6.50. The van der Waals surface area contributed by atoms with Crippen molar-refractivity contribution in [3.8, 4) is 0 Å². The third kappa shape index (κ3) is 7.01. The standard InChI is InChI=1S/C19H33N5.HI/c1-4-23-12-7-10-18(23)15-22-19(20)21-11-13-24(5-2)17-9-6-8-16(3)14-17;/h6,8-9,14,18H,4-5,7,10-13,15H2,1-3H3,(H3,20,21,22);1H. The van der Waals surface area contributed by atoms with E-state index in [1.54, 1.807) is 0 Å². The highest BCUT2D eigenvalue weighted by atomic mass is 127. The largest absolute Gasteiger partial charge is 0.370 e. The van der Waals surface area contributed by atoms with Crippen LogP contribution in [-0.4, -0.2) is 56.2 Å². The van der Waals surface area contributed by atoms with Gasteiger partial charge in [-0.25, -0.2) is 0 Å². The molecule has 1 aromatic carbocycles. The molecule has 2 rings (SSSR count). The zero-order valence-corrected chi connectivity index (χ0v) is 18.2. The SMILES string of the molecule is CCN(CCNC(N)=NCC1CCCN1CC)c1cccc(C)c1.I. The highest BCUT2D eigenvalue weighted by Gasteiger charge is 2.22. The maximum atomic E-state index is 6.03. The zero-order chi connectivity index (χ0) is 17.4. The Bertz CT molecular complexity index is 534. The summed E-state index contributed by atoms with van der Waals surface area (Å²) >= 11 is 0. The fourth-order valence-corrected chi connectivity index (χ4v) is 3.39. The maximum absolute atomic E-state index is 6.03. The van der Waals surface area contributed by atoms with Crippen LogP contribution in [0.25, 0.3) is 0 Å². The minimum absolute atomic E-state index is 0. The number of likely N-dealkylation sites (N-methyl/N-ethyl adjacent to an activating group) is 2. The van der Waals surface area contributed by atoms with Gasteiger partial charge in [0.1, 0.15) is 0 Å². The van der Waals surface area contributed by atoms with E-state index in [0.717, 1.165) is 32.7 Å². The molecule has 5 nitrogen and oxygen atoms in total. The summed E-state index contributed by atoms with van der Waals surface area (Å²) in [6.07, 6.45) is 2.52. The molecule has 0 aromatic heterocycles. The Balaban J connectivity index is 0.00000312. The van der Waals surface area contributed by atoms with E-state index in [0.29, 0.717) is 12.0 Å². The number of guanidine groups is 1. The zero-order valence-electron chi connectivity index (χ0n) is 15.9. The Hall–Kier alpha value is -1.02. The molecule has 1 fully saturated rings. The number of rotatable bonds is 8. The normalized spacial score (nSPS) is 18.0. The Morgan fingerprint density at radius 3 is 2.88 bits per heavy atom. The van der Waals surface area contributed by atoms with E-state index in [2.05, 4.69) is 65.1 Å². The number of aryl methyl sites for hydroxylation is 1. The van der Waals surface area contributed by atoms with Crippen LogP contribution in [0, 0.1) is 6.92 Å². The van der Waals surface area contributed by atoms with Gasteiger partial charge in [0.2, 0.25) is 0 Å². The number of nitrogens with one attached hydrogen (secondary N) is 1. The first kappa shape index (κ1) is 22.0. The number of halogens is 1. The molecule has 0 radical (unpaired) electrons. The van der Waals surface area contributed by atoms with Crippen LogP contribution < -0.4 is 16.0 Å². The predicted octanol–water partition coefficient (Wildman–Crippen LogP) is 2.83. The van der Waals surface area contributed by atoms with Crippen molar-refractivity contribution in [2.24, 2.45) is 10.7 Å². The Labute approximate surface area is 170 Å². The van der Waals surface area contributed by atoms with Crippen LogP contribution in [0.2, 0.25) is 0 Å². The van der Waals surface area contributed by atoms with E-state index in [-0.39, 0.29) is 24.0 Å². The topological polar surface area (TPSA) is 56.9 Å². The average molecular weight is 459 g/mol. The van der Waals surface area contributed by atoms with Gasteiger partial charge in [-0.1, -0.05) is 19.1 Å². The van der Waals surface area contributed by atoms with E-state index in [4.69, 9.17) is 5.73 Å². The molecule has 1 aliphatic heterocycles. The molecule has 1 aliphatic rings. The number of nitrogens with zero attached hydrogens (tertiary/aromatic N) is 3. The van der Waals surface area contributed by atoms with Crippen molar-refractivity contribution in [1.29, 1.82) is 0 Å². The highest BCUT2D eigenvalue weighted by Crippen LogP contribution is 2.16. The molecule has 1 aromatic rings. The number of aliphatic imine (C=N–C) groups is 1. The van der Waals surface area contributed by atoms with Crippen LogP contribution in [0.4, 0.5) is 5.69 Å². The number of likely N-dealkylation sites (tertiary alicyclic amines) is 1. The summed E-state index contributed by atoms with van der Waals surface area (Å²) in [7, 11) is 0. The van der Waals surface area contributed by atoms with Crippen LogP contribution in [-0.2, 0) is 0 Å². The number of benzene rings is 1. The monoisotopic (exact) mass is 459 g/mol. The van der Waals surface area contributed by atoms with Crippen molar-refractivity contribution < 1.29 is 0 Å². The van der Waals surface area contributed by atoms with Gasteiger partial charge in [0.25, 0.3) is 0 Å². The van der Waals surface area contributed by atoms with Crippen molar-refractivity contribution in [3.05, 3.63) is 29.8 Å². The molecule has 1 atom stereocenters. The number of anilines is 1. The minimum atomic E-state index is 0. The number of nitrogens with two attached hydrogens (primary N) is 1. The molecule has 1 saturated heterocycles. The van der Waals surface area contributed by atoms with Gasteiger partial charge < -0.3 is 16.0 Å². The van der Waals surface area contributed by atoms with E-state index in [1.165, 1.54) is 30.6 Å². The van der Waals surface area contributed by atoms with Gasteiger partial charge in [0.15, 0.2) is 5.96 Å². The van der Waals surface area contributed by atoms with Crippen LogP contribution in [0.3, 0.4) is 0 Å². The van der Waals surface area contributed by atoms with Gasteiger partial charge in [0.05, 0.1) is 6.54 Å². The lowest BCUT2D eigenvalue weighted by molar-refractivity contribution is 0.273. The minimum Gasteiger partial charge on any atom is -0.370 e. The second kappa shape index (κ2) is 11.6. The fraction of sp³-hybridized carbons (Fsp3) is 0.632. The molecular weight excluding hydrogens is 425 g/mol. The Morgan fingerprint density at radius 1 is 1.40 bits per heavy atom.